The molecule has 0 fully saturated rings. The van der Waals surface area contributed by atoms with E-state index in [2.05, 4.69) is 0 Å². The van der Waals surface area contributed by atoms with Crippen LogP contribution in [0.1, 0.15) is 19.5 Å². The van der Waals surface area contributed by atoms with Gasteiger partial charge >= 0.3 is 0 Å². The average molecular weight is 229 g/mol. The summed E-state index contributed by atoms with van der Waals surface area (Å²) in [5.41, 5.74) is 1.11. The predicted octanol–water partition coefficient (Wildman–Crippen LogP) is 2.00. The molecular formula is C11H17ClN2O. The maximum atomic E-state index is 11.6. The summed E-state index contributed by atoms with van der Waals surface area (Å²) in [5.74, 6) is 0.0238. The molecule has 0 aliphatic heterocycles. The molecule has 0 bridgehead atoms. The fraction of sp³-hybridized carbons (Fsp3) is 0.545. The molecule has 15 heavy (non-hydrogen) atoms. The van der Waals surface area contributed by atoms with Crippen LogP contribution in [0.5, 0.6) is 0 Å². The summed E-state index contributed by atoms with van der Waals surface area (Å²) in [7, 11) is 1.97. The molecule has 0 radical (unpaired) electrons. The third kappa shape index (κ3) is 2.99. The molecule has 84 valence electrons. The van der Waals surface area contributed by atoms with Gasteiger partial charge in [0.25, 0.3) is 0 Å². The SMILES string of the molecule is CC(C)N(Cc1cccn1C)C(=O)CCl. The molecule has 0 N–H and O–H groups in total. The van der Waals surface area contributed by atoms with Crippen molar-refractivity contribution in [1.29, 1.82) is 0 Å². The zero-order valence-electron chi connectivity index (χ0n) is 9.40. The third-order valence-electron chi connectivity index (χ3n) is 2.44. The van der Waals surface area contributed by atoms with Crippen LogP contribution in [0.25, 0.3) is 0 Å². The van der Waals surface area contributed by atoms with Gasteiger partial charge < -0.3 is 9.47 Å². The zero-order valence-corrected chi connectivity index (χ0v) is 10.2. The Morgan fingerprint density at radius 2 is 2.27 bits per heavy atom. The number of alkyl halides is 1. The second-order valence-corrected chi connectivity index (χ2v) is 4.13. The van der Waals surface area contributed by atoms with Crippen molar-refractivity contribution in [2.24, 2.45) is 7.05 Å². The Morgan fingerprint density at radius 3 is 2.67 bits per heavy atom. The highest BCUT2D eigenvalue weighted by Crippen LogP contribution is 2.09. The highest BCUT2D eigenvalue weighted by molar-refractivity contribution is 6.27. The van der Waals surface area contributed by atoms with Crippen LogP contribution >= 0.6 is 11.6 Å². The van der Waals surface area contributed by atoms with Gasteiger partial charge in [0.15, 0.2) is 0 Å². The van der Waals surface area contributed by atoms with Crippen LogP contribution in [0.3, 0.4) is 0 Å². The number of aryl methyl sites for hydroxylation is 1. The summed E-state index contributed by atoms with van der Waals surface area (Å²) < 4.78 is 2.01. The lowest BCUT2D eigenvalue weighted by Gasteiger charge is -2.26. The molecule has 1 heterocycles. The Bertz CT molecular complexity index is 333. The number of halogens is 1. The van der Waals surface area contributed by atoms with E-state index < -0.39 is 0 Å². The lowest BCUT2D eigenvalue weighted by atomic mass is 10.3. The number of hydrogen-bond acceptors (Lipinski definition) is 1. The second kappa shape index (κ2) is 5.21. The van der Waals surface area contributed by atoms with E-state index in [1.807, 2.05) is 43.8 Å². The van der Waals surface area contributed by atoms with Crippen LogP contribution < -0.4 is 0 Å². The van der Waals surface area contributed by atoms with Gasteiger partial charge in [-0.15, -0.1) is 11.6 Å². The quantitative estimate of drug-likeness (QED) is 0.724. The summed E-state index contributed by atoms with van der Waals surface area (Å²) in [5, 5.41) is 0. The monoisotopic (exact) mass is 228 g/mol. The van der Waals surface area contributed by atoms with Crippen LogP contribution in [0.15, 0.2) is 18.3 Å². The van der Waals surface area contributed by atoms with Gasteiger partial charge in [-0.1, -0.05) is 0 Å². The van der Waals surface area contributed by atoms with E-state index in [1.54, 1.807) is 4.90 Å². The number of nitrogens with zero attached hydrogens (tertiary/aromatic N) is 2. The van der Waals surface area contributed by atoms with Gasteiger partial charge in [-0.2, -0.15) is 0 Å². The maximum Gasteiger partial charge on any atom is 0.238 e. The predicted molar refractivity (Wildman–Crippen MR) is 61.8 cm³/mol. The minimum absolute atomic E-state index is 0.0205. The molecule has 0 saturated carbocycles. The van der Waals surface area contributed by atoms with Crippen molar-refractivity contribution in [3.05, 3.63) is 24.0 Å². The van der Waals surface area contributed by atoms with Gasteiger partial charge in [0.05, 0.1) is 6.54 Å². The van der Waals surface area contributed by atoms with Crippen molar-refractivity contribution in [3.63, 3.8) is 0 Å². The first kappa shape index (κ1) is 12.1. The second-order valence-electron chi connectivity index (χ2n) is 3.86. The molecule has 0 aliphatic carbocycles. The molecule has 4 heteroatoms. The summed E-state index contributed by atoms with van der Waals surface area (Å²) in [4.78, 5) is 13.4. The largest absolute Gasteiger partial charge is 0.353 e. The van der Waals surface area contributed by atoms with E-state index in [4.69, 9.17) is 11.6 Å². The molecular weight excluding hydrogens is 212 g/mol. The Morgan fingerprint density at radius 1 is 1.60 bits per heavy atom. The number of aromatic nitrogens is 1. The van der Waals surface area contributed by atoms with Gasteiger partial charge in [-0.25, -0.2) is 0 Å². The topological polar surface area (TPSA) is 25.2 Å². The molecule has 1 rings (SSSR count). The van der Waals surface area contributed by atoms with E-state index in [0.29, 0.717) is 6.54 Å². The van der Waals surface area contributed by atoms with E-state index >= 15 is 0 Å². The standard InChI is InChI=1S/C11H17ClN2O/c1-9(2)14(11(15)7-12)8-10-5-4-6-13(10)3/h4-6,9H,7-8H2,1-3H3. The molecule has 0 atom stereocenters. The maximum absolute atomic E-state index is 11.6. The Kier molecular flexibility index (Phi) is 4.21. The summed E-state index contributed by atoms with van der Waals surface area (Å²) >= 11 is 5.57. The van der Waals surface area contributed by atoms with Crippen LogP contribution in [0.2, 0.25) is 0 Å². The van der Waals surface area contributed by atoms with Gasteiger partial charge in [-0.05, 0) is 26.0 Å². The highest BCUT2D eigenvalue weighted by atomic mass is 35.5. The van der Waals surface area contributed by atoms with Crippen molar-refractivity contribution < 1.29 is 4.79 Å². The zero-order chi connectivity index (χ0) is 11.4. The van der Waals surface area contributed by atoms with Crippen molar-refractivity contribution in [1.82, 2.24) is 9.47 Å². The van der Waals surface area contributed by atoms with Crippen molar-refractivity contribution in [2.75, 3.05) is 5.88 Å². The Labute approximate surface area is 95.6 Å². The van der Waals surface area contributed by atoms with Gasteiger partial charge in [0.1, 0.15) is 5.88 Å². The van der Waals surface area contributed by atoms with Gasteiger partial charge in [-0.3, -0.25) is 4.79 Å². The van der Waals surface area contributed by atoms with Crippen molar-refractivity contribution >= 4 is 17.5 Å². The normalized spacial score (nSPS) is 10.7. The number of rotatable bonds is 4. The van der Waals surface area contributed by atoms with Crippen molar-refractivity contribution in [3.8, 4) is 0 Å². The van der Waals surface area contributed by atoms with E-state index in [-0.39, 0.29) is 17.8 Å². The summed E-state index contributed by atoms with van der Waals surface area (Å²) in [6, 6.07) is 4.15. The van der Waals surface area contributed by atoms with Crippen LogP contribution in [-0.2, 0) is 18.4 Å². The highest BCUT2D eigenvalue weighted by Gasteiger charge is 2.16. The molecule has 3 nitrogen and oxygen atoms in total. The first-order chi connectivity index (χ1) is 7.06. The fourth-order valence-electron chi connectivity index (χ4n) is 1.47. The van der Waals surface area contributed by atoms with Crippen LogP contribution in [0.4, 0.5) is 0 Å². The minimum Gasteiger partial charge on any atom is -0.353 e. The molecule has 0 aliphatic rings. The Balaban J connectivity index is 2.76. The lowest BCUT2D eigenvalue weighted by molar-refractivity contribution is -0.130. The molecule has 1 aromatic rings. The number of amides is 1. The molecule has 1 aromatic heterocycles. The van der Waals surface area contributed by atoms with Crippen molar-refractivity contribution in [2.45, 2.75) is 26.4 Å². The average Bonchev–Trinajstić information content (AvgIpc) is 2.59. The van der Waals surface area contributed by atoms with Crippen LogP contribution in [0, 0.1) is 0 Å². The van der Waals surface area contributed by atoms with E-state index in [1.165, 1.54) is 0 Å². The number of carbonyl (C=O) groups excluding carboxylic acids is 1. The molecule has 0 aromatic carbocycles. The van der Waals surface area contributed by atoms with E-state index in [0.717, 1.165) is 5.69 Å². The molecule has 0 unspecified atom stereocenters. The van der Waals surface area contributed by atoms with Gasteiger partial charge in [0, 0.05) is 25.0 Å². The molecule has 0 spiro atoms. The Hall–Kier alpha value is -0.960. The minimum atomic E-state index is -0.0205. The first-order valence-electron chi connectivity index (χ1n) is 5.02. The summed E-state index contributed by atoms with van der Waals surface area (Å²) in [6.45, 7) is 4.60. The summed E-state index contributed by atoms with van der Waals surface area (Å²) in [6.07, 6.45) is 1.97. The van der Waals surface area contributed by atoms with Crippen LogP contribution in [-0.4, -0.2) is 27.3 Å². The molecule has 1 amide bonds. The third-order valence-corrected chi connectivity index (χ3v) is 2.67. The number of carbonyl (C=O) groups is 1. The smallest absolute Gasteiger partial charge is 0.238 e. The first-order valence-corrected chi connectivity index (χ1v) is 5.55. The molecule has 0 saturated heterocycles. The van der Waals surface area contributed by atoms with E-state index in [9.17, 15) is 4.79 Å². The van der Waals surface area contributed by atoms with Gasteiger partial charge in [0.2, 0.25) is 5.91 Å². The lowest BCUT2D eigenvalue weighted by Crippen LogP contribution is -2.37. The fourth-order valence-corrected chi connectivity index (χ4v) is 1.62. The number of hydrogen-bond donors (Lipinski definition) is 0.